The summed E-state index contributed by atoms with van der Waals surface area (Å²) < 4.78 is 0. The maximum Gasteiger partial charge on any atom is -0.0412 e. The molecule has 0 saturated heterocycles. The van der Waals surface area contributed by atoms with E-state index in [1.54, 1.807) is 0 Å². The van der Waals surface area contributed by atoms with Gasteiger partial charge in [0, 0.05) is 0 Å². The largest absolute Gasteiger partial charge is 0.0654 e. The van der Waals surface area contributed by atoms with Gasteiger partial charge < -0.3 is 0 Å². The topological polar surface area (TPSA) is 0 Å². The molecule has 0 aliphatic rings. The highest BCUT2D eigenvalue weighted by Gasteiger charge is 2.12. The second-order valence-electron chi connectivity index (χ2n) is 5.76. The lowest BCUT2D eigenvalue weighted by atomic mass is 9.86. The fourth-order valence-electron chi connectivity index (χ4n) is 2.50. The van der Waals surface area contributed by atoms with E-state index in [9.17, 15) is 0 Å². The molecule has 15 heavy (non-hydrogen) atoms. The van der Waals surface area contributed by atoms with Crippen molar-refractivity contribution < 1.29 is 0 Å². The number of rotatable bonds is 9. The molecular formula is C15H32. The third-order valence-corrected chi connectivity index (χ3v) is 3.37. The molecule has 1 unspecified atom stereocenters. The van der Waals surface area contributed by atoms with Gasteiger partial charge in [-0.3, -0.25) is 0 Å². The molecule has 0 fully saturated rings. The van der Waals surface area contributed by atoms with Crippen molar-refractivity contribution in [3.05, 3.63) is 0 Å². The van der Waals surface area contributed by atoms with E-state index >= 15 is 0 Å². The molecule has 0 heterocycles. The maximum atomic E-state index is 2.45. The summed E-state index contributed by atoms with van der Waals surface area (Å²) in [6.07, 6.45) is 9.92. The van der Waals surface area contributed by atoms with Crippen molar-refractivity contribution in [1.82, 2.24) is 0 Å². The Hall–Kier alpha value is 0. The van der Waals surface area contributed by atoms with Crippen molar-refractivity contribution in [3.63, 3.8) is 0 Å². The summed E-state index contributed by atoms with van der Waals surface area (Å²) in [6.45, 7) is 11.8. The van der Waals surface area contributed by atoms with Gasteiger partial charge in [0.2, 0.25) is 0 Å². The zero-order chi connectivity index (χ0) is 11.7. The van der Waals surface area contributed by atoms with Crippen LogP contribution in [0, 0.1) is 17.8 Å². The molecular weight excluding hydrogens is 180 g/mol. The molecule has 1 atom stereocenters. The highest BCUT2D eigenvalue weighted by atomic mass is 14.2. The molecule has 0 N–H and O–H groups in total. The van der Waals surface area contributed by atoms with Crippen LogP contribution < -0.4 is 0 Å². The molecule has 0 aromatic carbocycles. The van der Waals surface area contributed by atoms with E-state index in [1.165, 1.54) is 44.9 Å². The minimum Gasteiger partial charge on any atom is -0.0654 e. The summed E-state index contributed by atoms with van der Waals surface area (Å²) in [5, 5.41) is 0. The molecule has 92 valence electrons. The average Bonchev–Trinajstić information content (AvgIpc) is 2.15. The van der Waals surface area contributed by atoms with Gasteiger partial charge in [-0.05, 0) is 24.2 Å². The molecule has 0 aromatic rings. The van der Waals surface area contributed by atoms with E-state index in [4.69, 9.17) is 0 Å². The quantitative estimate of drug-likeness (QED) is 0.462. The number of hydrogen-bond donors (Lipinski definition) is 0. The van der Waals surface area contributed by atoms with Crippen LogP contribution in [0.5, 0.6) is 0 Å². The van der Waals surface area contributed by atoms with Crippen molar-refractivity contribution in [1.29, 1.82) is 0 Å². The lowest BCUT2D eigenvalue weighted by Crippen LogP contribution is -2.07. The van der Waals surface area contributed by atoms with E-state index in [2.05, 4.69) is 34.6 Å². The van der Waals surface area contributed by atoms with Crippen LogP contribution in [0.1, 0.15) is 79.6 Å². The van der Waals surface area contributed by atoms with Gasteiger partial charge in [-0.25, -0.2) is 0 Å². The van der Waals surface area contributed by atoms with Crippen LogP contribution in [0.25, 0.3) is 0 Å². The van der Waals surface area contributed by atoms with Gasteiger partial charge in [-0.1, -0.05) is 73.1 Å². The van der Waals surface area contributed by atoms with Crippen molar-refractivity contribution in [2.45, 2.75) is 79.6 Å². The summed E-state index contributed by atoms with van der Waals surface area (Å²) >= 11 is 0. The van der Waals surface area contributed by atoms with Gasteiger partial charge in [-0.2, -0.15) is 0 Å². The van der Waals surface area contributed by atoms with Crippen LogP contribution in [0.4, 0.5) is 0 Å². The highest BCUT2D eigenvalue weighted by molar-refractivity contribution is 4.64. The van der Waals surface area contributed by atoms with Crippen molar-refractivity contribution in [2.24, 2.45) is 17.8 Å². The van der Waals surface area contributed by atoms with Crippen LogP contribution in [0.3, 0.4) is 0 Å². The van der Waals surface area contributed by atoms with Crippen molar-refractivity contribution >= 4 is 0 Å². The van der Waals surface area contributed by atoms with Crippen LogP contribution in [0.15, 0.2) is 0 Å². The molecule has 0 nitrogen and oxygen atoms in total. The lowest BCUT2D eigenvalue weighted by molar-refractivity contribution is 0.319. The third-order valence-electron chi connectivity index (χ3n) is 3.37. The second-order valence-corrected chi connectivity index (χ2v) is 5.76. The van der Waals surface area contributed by atoms with Gasteiger partial charge in [0.25, 0.3) is 0 Å². The zero-order valence-electron chi connectivity index (χ0n) is 11.7. The summed E-state index contributed by atoms with van der Waals surface area (Å²) in [6, 6.07) is 0. The van der Waals surface area contributed by atoms with Gasteiger partial charge in [0.05, 0.1) is 0 Å². The summed E-state index contributed by atoms with van der Waals surface area (Å²) in [7, 11) is 0. The normalized spacial score (nSPS) is 13.8. The Kier molecular flexibility index (Phi) is 9.24. The van der Waals surface area contributed by atoms with E-state index < -0.39 is 0 Å². The molecule has 0 aliphatic carbocycles. The minimum absolute atomic E-state index is 0.878. The van der Waals surface area contributed by atoms with Crippen LogP contribution >= 0.6 is 0 Å². The standard InChI is InChI=1S/C15H32/c1-6-8-15(9-7-2)12-14(5)11-10-13(3)4/h13-15H,6-12H2,1-5H3. The zero-order valence-corrected chi connectivity index (χ0v) is 11.7. The molecule has 0 amide bonds. The Balaban J connectivity index is 3.72. The molecule has 0 spiro atoms. The minimum atomic E-state index is 0.878. The molecule has 0 aliphatic heterocycles. The molecule has 0 aromatic heterocycles. The van der Waals surface area contributed by atoms with Crippen molar-refractivity contribution in [3.8, 4) is 0 Å². The smallest absolute Gasteiger partial charge is 0.0412 e. The van der Waals surface area contributed by atoms with E-state index in [0.717, 1.165) is 17.8 Å². The molecule has 0 bridgehead atoms. The second kappa shape index (κ2) is 9.24. The Labute approximate surface area is 97.8 Å². The first-order valence-electron chi connectivity index (χ1n) is 7.10. The van der Waals surface area contributed by atoms with E-state index in [-0.39, 0.29) is 0 Å². The van der Waals surface area contributed by atoms with Crippen LogP contribution in [-0.4, -0.2) is 0 Å². The van der Waals surface area contributed by atoms with Gasteiger partial charge in [-0.15, -0.1) is 0 Å². The predicted octanol–water partition coefficient (Wildman–Crippen LogP) is 5.67. The third kappa shape index (κ3) is 8.96. The SMILES string of the molecule is CCCC(CCC)CC(C)CCC(C)C. The Morgan fingerprint density at radius 1 is 0.733 bits per heavy atom. The van der Waals surface area contributed by atoms with Crippen LogP contribution in [-0.2, 0) is 0 Å². The van der Waals surface area contributed by atoms with Crippen molar-refractivity contribution in [2.75, 3.05) is 0 Å². The molecule has 0 radical (unpaired) electrons. The fraction of sp³-hybridized carbons (Fsp3) is 1.00. The Morgan fingerprint density at radius 3 is 1.67 bits per heavy atom. The first-order valence-corrected chi connectivity index (χ1v) is 7.10. The van der Waals surface area contributed by atoms with Crippen LogP contribution in [0.2, 0.25) is 0 Å². The van der Waals surface area contributed by atoms with E-state index in [0.29, 0.717) is 0 Å². The molecule has 0 heteroatoms. The summed E-state index contributed by atoms with van der Waals surface area (Å²) in [5.41, 5.74) is 0. The summed E-state index contributed by atoms with van der Waals surface area (Å²) in [5.74, 6) is 2.82. The fourth-order valence-corrected chi connectivity index (χ4v) is 2.50. The number of hydrogen-bond acceptors (Lipinski definition) is 0. The average molecular weight is 212 g/mol. The monoisotopic (exact) mass is 212 g/mol. The lowest BCUT2D eigenvalue weighted by Gasteiger charge is -2.20. The first-order chi connectivity index (χ1) is 7.10. The molecule has 0 saturated carbocycles. The Morgan fingerprint density at radius 2 is 1.27 bits per heavy atom. The molecule has 0 rings (SSSR count). The first kappa shape index (κ1) is 15.0. The van der Waals surface area contributed by atoms with E-state index in [1.807, 2.05) is 0 Å². The Bertz CT molecular complexity index is 120. The highest BCUT2D eigenvalue weighted by Crippen LogP contribution is 2.25. The maximum absolute atomic E-state index is 2.45. The van der Waals surface area contributed by atoms with Gasteiger partial charge >= 0.3 is 0 Å². The van der Waals surface area contributed by atoms with Gasteiger partial charge in [0.1, 0.15) is 0 Å². The van der Waals surface area contributed by atoms with Gasteiger partial charge in [0.15, 0.2) is 0 Å². The summed E-state index contributed by atoms with van der Waals surface area (Å²) in [4.78, 5) is 0. The predicted molar refractivity (Wildman–Crippen MR) is 71.2 cm³/mol.